The molecule has 0 saturated carbocycles. The summed E-state index contributed by atoms with van der Waals surface area (Å²) in [5.74, 6) is 0. The van der Waals surface area contributed by atoms with E-state index >= 15 is 0 Å². The number of aromatic nitrogens is 1. The fourth-order valence-corrected chi connectivity index (χ4v) is 11.7. The van der Waals surface area contributed by atoms with Crippen molar-refractivity contribution in [3.05, 3.63) is 244 Å². The van der Waals surface area contributed by atoms with Crippen molar-refractivity contribution in [2.75, 3.05) is 0 Å². The number of nitrogens with zero attached hydrogens (tertiary/aromatic N) is 1. The minimum Gasteiger partial charge on any atom is -0.309 e. The normalized spacial score (nSPS) is 13.4. The molecule has 0 radical (unpaired) electrons. The van der Waals surface area contributed by atoms with Gasteiger partial charge in [0.15, 0.2) is 0 Å². The first-order valence-electron chi connectivity index (χ1n) is 28.3. The lowest BCUT2D eigenvalue weighted by molar-refractivity contribution is -0.144. The van der Waals surface area contributed by atoms with E-state index in [0.29, 0.717) is 24.3 Å². The van der Waals surface area contributed by atoms with Gasteiger partial charge >= 0.3 is 61.8 Å². The number of fused-ring (bicyclic) bond motifs is 3. The molecule has 526 valence electrons. The SMILES string of the molecule is FC(F)(F)c1cc(-c2ccccc2-n2c3ccc(-c4cc(-c5ccc(C(F)(F)F)cc5C(F)(F)F)cc(-c5ccc(C(F)(F)F)cc5C(F)(F)F)c4)cc3c3cc(-c4cc(-c5ccc(C(F)(F)F)cc5C(F)(F)F)cc(-c5ccc(C(F)(F)F)cc5C(F)(F)F)c4)ccc32)cc(C(F)(F)F)c1. The Morgan fingerprint density at radius 2 is 0.436 bits per heavy atom. The van der Waals surface area contributed by atoms with Crippen molar-refractivity contribution in [1.29, 1.82) is 0 Å². The number of benzene rings is 10. The zero-order valence-corrected chi connectivity index (χ0v) is 49.2. The molecule has 0 unspecified atom stereocenters. The van der Waals surface area contributed by atoms with Crippen LogP contribution in [-0.2, 0) is 61.8 Å². The summed E-state index contributed by atoms with van der Waals surface area (Å²) in [6.07, 6.45) is -55.6. The zero-order chi connectivity index (χ0) is 74.2. The lowest BCUT2D eigenvalue weighted by atomic mass is 9.88. The molecule has 0 aliphatic carbocycles. The molecule has 11 aromatic rings. The maximum absolute atomic E-state index is 15.0. The van der Waals surface area contributed by atoms with Crippen molar-refractivity contribution in [3.8, 4) is 83.6 Å². The van der Waals surface area contributed by atoms with Crippen LogP contribution >= 0.6 is 0 Å². The Morgan fingerprint density at radius 3 is 0.703 bits per heavy atom. The number of halogens is 30. The fourth-order valence-electron chi connectivity index (χ4n) is 11.7. The molecule has 11 rings (SSSR count). The molecule has 0 spiro atoms. The van der Waals surface area contributed by atoms with Crippen LogP contribution in [0, 0.1) is 0 Å². The Balaban J connectivity index is 1.26. The van der Waals surface area contributed by atoms with Crippen LogP contribution < -0.4 is 0 Å². The Morgan fingerprint density at radius 1 is 0.178 bits per heavy atom. The van der Waals surface area contributed by atoms with Crippen LogP contribution in [0.1, 0.15) is 55.6 Å². The highest BCUT2D eigenvalue weighted by Crippen LogP contribution is 2.51. The molecule has 1 aromatic heterocycles. The van der Waals surface area contributed by atoms with Crippen molar-refractivity contribution in [3.63, 3.8) is 0 Å². The monoisotopic (exact) mass is 1460 g/mol. The molecule has 101 heavy (non-hydrogen) atoms. The van der Waals surface area contributed by atoms with Crippen LogP contribution in [0.5, 0.6) is 0 Å². The lowest BCUT2D eigenvalue weighted by Crippen LogP contribution is -2.12. The molecule has 0 N–H and O–H groups in total. The number of rotatable bonds is 8. The van der Waals surface area contributed by atoms with Crippen molar-refractivity contribution < 1.29 is 132 Å². The topological polar surface area (TPSA) is 4.93 Å². The molecule has 0 amide bonds. The highest BCUT2D eigenvalue weighted by Gasteiger charge is 2.44. The smallest absolute Gasteiger partial charge is 0.309 e. The fraction of sp³-hybridized carbons (Fsp3) is 0.143. The molecule has 0 bridgehead atoms. The zero-order valence-electron chi connectivity index (χ0n) is 49.2. The Kier molecular flexibility index (Phi) is 17.4. The molecule has 1 heterocycles. The largest absolute Gasteiger partial charge is 0.417 e. The second kappa shape index (κ2) is 24.3. The van der Waals surface area contributed by atoms with Crippen molar-refractivity contribution in [2.45, 2.75) is 61.8 Å². The van der Waals surface area contributed by atoms with Crippen LogP contribution in [0.4, 0.5) is 132 Å². The highest BCUT2D eigenvalue weighted by atomic mass is 19.4. The van der Waals surface area contributed by atoms with Gasteiger partial charge in [-0.2, -0.15) is 132 Å². The summed E-state index contributed by atoms with van der Waals surface area (Å²) in [5, 5.41) is -0.532. The van der Waals surface area contributed by atoms with E-state index in [0.717, 1.165) is 83.4 Å². The molecule has 0 atom stereocenters. The molecular weight excluding hydrogens is 1420 g/mol. The summed E-state index contributed by atoms with van der Waals surface area (Å²) in [5.41, 5.74) is -31.3. The van der Waals surface area contributed by atoms with E-state index in [2.05, 4.69) is 0 Å². The van der Waals surface area contributed by atoms with E-state index in [1.165, 1.54) is 6.07 Å². The third kappa shape index (κ3) is 14.5. The summed E-state index contributed by atoms with van der Waals surface area (Å²) in [6.45, 7) is 0. The Hall–Kier alpha value is -10.1. The number of hydrogen-bond acceptors (Lipinski definition) is 0. The second-order valence-corrected chi connectivity index (χ2v) is 22.7. The third-order valence-electron chi connectivity index (χ3n) is 16.2. The predicted octanol–water partition coefficient (Wildman–Crippen LogP) is 26.6. The van der Waals surface area contributed by atoms with Gasteiger partial charge in [-0.3, -0.25) is 0 Å². The quantitative estimate of drug-likeness (QED) is 0.134. The van der Waals surface area contributed by atoms with Crippen molar-refractivity contribution in [1.82, 2.24) is 4.57 Å². The van der Waals surface area contributed by atoms with Crippen LogP contribution in [0.25, 0.3) is 105 Å². The van der Waals surface area contributed by atoms with Gasteiger partial charge in [-0.1, -0.05) is 54.6 Å². The van der Waals surface area contributed by atoms with Crippen LogP contribution in [0.15, 0.2) is 188 Å². The first-order chi connectivity index (χ1) is 46.3. The molecule has 0 aliphatic rings. The standard InChI is InChI=1S/C70H31F30N/c71-61(72,73)41-7-11-47(54(28-41)67(89,90)91)36-17-34(18-37(21-36)48-12-8-42(62(74,75)76)29-55(48)68(92,93)94)32-5-15-59-52(25-32)53-26-33(6-16-60(53)101(59)58-4-2-1-3-51(58)40-23-45(65(83,84)85)27-46(24-40)66(86,87)88)35-19-38(49-13-9-43(63(77,78)79)30-56(49)69(95,96)97)22-39(20-35)50-14-10-44(64(80,81)82)31-57(50)70(98,99)100/h1-31H. The van der Waals surface area contributed by atoms with Gasteiger partial charge in [0.2, 0.25) is 0 Å². The minimum atomic E-state index is -5.72. The third-order valence-corrected chi connectivity index (χ3v) is 16.2. The van der Waals surface area contributed by atoms with E-state index in [9.17, 15) is 132 Å². The van der Waals surface area contributed by atoms with E-state index < -0.39 is 184 Å². The summed E-state index contributed by atoms with van der Waals surface area (Å²) >= 11 is 0. The number of alkyl halides is 30. The Bertz CT molecular complexity index is 4600. The lowest BCUT2D eigenvalue weighted by Gasteiger charge is -2.20. The van der Waals surface area contributed by atoms with Gasteiger partial charge in [0.1, 0.15) is 0 Å². The summed E-state index contributed by atoms with van der Waals surface area (Å²) in [7, 11) is 0. The Labute approximate surface area is 545 Å². The minimum absolute atomic E-state index is 0.159. The van der Waals surface area contributed by atoms with Gasteiger partial charge in [0, 0.05) is 16.3 Å². The average Bonchev–Trinajstić information content (AvgIpc) is 1.59. The first-order valence-corrected chi connectivity index (χ1v) is 28.3. The van der Waals surface area contributed by atoms with Gasteiger partial charge in [0.05, 0.1) is 72.4 Å². The second-order valence-electron chi connectivity index (χ2n) is 22.7. The van der Waals surface area contributed by atoms with Gasteiger partial charge < -0.3 is 4.57 Å². The van der Waals surface area contributed by atoms with Crippen molar-refractivity contribution in [2.24, 2.45) is 0 Å². The molecule has 1 nitrogen and oxygen atoms in total. The number of para-hydroxylation sites is 1. The summed E-state index contributed by atoms with van der Waals surface area (Å²) in [6, 6.07) is 16.1. The van der Waals surface area contributed by atoms with E-state index in [1.54, 1.807) is 0 Å². The molecule has 0 fully saturated rings. The van der Waals surface area contributed by atoms with Crippen LogP contribution in [0.2, 0.25) is 0 Å². The van der Waals surface area contributed by atoms with Crippen molar-refractivity contribution >= 4 is 21.8 Å². The first kappa shape index (κ1) is 72.2. The molecule has 10 aromatic carbocycles. The van der Waals surface area contributed by atoms with Gasteiger partial charge in [-0.25, -0.2) is 0 Å². The average molecular weight is 1460 g/mol. The van der Waals surface area contributed by atoms with Gasteiger partial charge in [0.25, 0.3) is 0 Å². The molecular formula is C70H31F30N. The molecule has 31 heteroatoms. The van der Waals surface area contributed by atoms with Crippen LogP contribution in [0.3, 0.4) is 0 Å². The van der Waals surface area contributed by atoms with Gasteiger partial charge in [-0.05, 0) is 206 Å². The van der Waals surface area contributed by atoms with E-state index in [1.807, 2.05) is 0 Å². The summed E-state index contributed by atoms with van der Waals surface area (Å²) < 4.78 is 436. The number of hydrogen-bond donors (Lipinski definition) is 0. The van der Waals surface area contributed by atoms with E-state index in [-0.39, 0.29) is 117 Å². The molecule has 0 saturated heterocycles. The highest BCUT2D eigenvalue weighted by molar-refractivity contribution is 6.12. The van der Waals surface area contributed by atoms with E-state index in [4.69, 9.17) is 0 Å². The summed E-state index contributed by atoms with van der Waals surface area (Å²) in [4.78, 5) is 0. The van der Waals surface area contributed by atoms with Gasteiger partial charge in [-0.15, -0.1) is 0 Å². The predicted molar refractivity (Wildman–Crippen MR) is 309 cm³/mol. The van der Waals surface area contributed by atoms with Crippen LogP contribution in [-0.4, -0.2) is 4.57 Å². The maximum Gasteiger partial charge on any atom is 0.417 e. The molecule has 0 aliphatic heterocycles. The maximum atomic E-state index is 15.0.